The predicted molar refractivity (Wildman–Crippen MR) is 83.6 cm³/mol. The minimum absolute atomic E-state index is 0.198. The average molecular weight is 331 g/mol. The molecule has 4 rings (SSSR count). The number of hydrogen-bond donors (Lipinski definition) is 1. The predicted octanol–water partition coefficient (Wildman–Crippen LogP) is 0.900. The molecule has 1 saturated heterocycles. The van der Waals surface area contributed by atoms with Gasteiger partial charge in [0.05, 0.1) is 10.6 Å². The second-order valence-electron chi connectivity index (χ2n) is 5.42. The first-order valence-corrected chi connectivity index (χ1v) is 8.57. The maximum Gasteiger partial charge on any atom is 0.324 e. The van der Waals surface area contributed by atoms with Crippen molar-refractivity contribution in [1.82, 2.24) is 10.2 Å². The van der Waals surface area contributed by atoms with Crippen molar-refractivity contribution in [3.05, 3.63) is 36.4 Å². The molecule has 23 heavy (non-hydrogen) atoms. The largest absolute Gasteiger partial charge is 0.336 e. The quantitative estimate of drug-likeness (QED) is 0.886. The fourth-order valence-corrected chi connectivity index (χ4v) is 4.71. The number of nitrogens with zero attached hydrogens (tertiary/aromatic N) is 2. The number of imide groups is 1. The number of anilines is 1. The molecule has 8 heteroatoms. The number of carbonyl (C=O) groups excluding carboxylic acids is 2. The maximum atomic E-state index is 12.8. The zero-order valence-corrected chi connectivity index (χ0v) is 12.8. The van der Waals surface area contributed by atoms with Gasteiger partial charge in [0.15, 0.2) is 0 Å². The summed E-state index contributed by atoms with van der Waals surface area (Å²) >= 11 is 0. The molecule has 0 radical (unpaired) electrons. The van der Waals surface area contributed by atoms with E-state index in [1.807, 2.05) is 12.1 Å². The van der Waals surface area contributed by atoms with Crippen molar-refractivity contribution in [2.45, 2.75) is 4.90 Å². The van der Waals surface area contributed by atoms with E-state index in [0.29, 0.717) is 17.6 Å². The molecule has 0 saturated carbocycles. The highest BCUT2D eigenvalue weighted by molar-refractivity contribution is 7.93. The van der Waals surface area contributed by atoms with Crippen molar-refractivity contribution in [1.29, 1.82) is 0 Å². The van der Waals surface area contributed by atoms with E-state index < -0.39 is 22.0 Å². The molecule has 2 aliphatic rings. The molecule has 0 unspecified atom stereocenters. The Labute approximate surface area is 132 Å². The van der Waals surface area contributed by atoms with E-state index >= 15 is 0 Å². The van der Waals surface area contributed by atoms with E-state index in [1.54, 1.807) is 18.2 Å². The van der Waals surface area contributed by atoms with Crippen LogP contribution in [0.25, 0.3) is 10.8 Å². The lowest BCUT2D eigenvalue weighted by Gasteiger charge is -2.20. The smallest absolute Gasteiger partial charge is 0.324 e. The maximum absolute atomic E-state index is 12.8. The van der Waals surface area contributed by atoms with Gasteiger partial charge in [-0.1, -0.05) is 24.3 Å². The standard InChI is InChI=1S/C15H13N3O4S/c19-13(17-8-7-16-15(17)20)9-18-11-5-1-3-10-4-2-6-12(14(10)11)23(18,21)22/h1-6H,7-9H2,(H,16,20). The van der Waals surface area contributed by atoms with Crippen LogP contribution in [-0.2, 0) is 14.8 Å². The Bertz CT molecular complexity index is 949. The number of urea groups is 1. The lowest BCUT2D eigenvalue weighted by Crippen LogP contribution is -2.43. The summed E-state index contributed by atoms with van der Waals surface area (Å²) in [5, 5.41) is 3.95. The van der Waals surface area contributed by atoms with E-state index in [1.165, 1.54) is 6.07 Å². The number of sulfonamides is 1. The lowest BCUT2D eigenvalue weighted by molar-refractivity contribution is -0.125. The van der Waals surface area contributed by atoms with Crippen molar-refractivity contribution >= 4 is 38.4 Å². The summed E-state index contributed by atoms with van der Waals surface area (Å²) < 4.78 is 26.6. The van der Waals surface area contributed by atoms with Crippen LogP contribution in [0.15, 0.2) is 41.3 Å². The van der Waals surface area contributed by atoms with Crippen molar-refractivity contribution < 1.29 is 18.0 Å². The second kappa shape index (κ2) is 4.69. The van der Waals surface area contributed by atoms with Gasteiger partial charge in [0, 0.05) is 18.5 Å². The van der Waals surface area contributed by atoms with Gasteiger partial charge in [-0.2, -0.15) is 0 Å². The van der Waals surface area contributed by atoms with Gasteiger partial charge in [0.2, 0.25) is 0 Å². The number of carbonyl (C=O) groups is 2. The third kappa shape index (κ3) is 1.91. The minimum atomic E-state index is -3.79. The second-order valence-corrected chi connectivity index (χ2v) is 7.25. The third-order valence-corrected chi connectivity index (χ3v) is 5.92. The topological polar surface area (TPSA) is 86.8 Å². The van der Waals surface area contributed by atoms with Gasteiger partial charge in [-0.15, -0.1) is 0 Å². The molecule has 1 fully saturated rings. The molecule has 118 valence electrons. The summed E-state index contributed by atoms with van der Waals surface area (Å²) in [6.45, 7) is 0.249. The van der Waals surface area contributed by atoms with Crippen LogP contribution in [0.5, 0.6) is 0 Å². The molecule has 0 aromatic heterocycles. The van der Waals surface area contributed by atoms with Crippen LogP contribution in [0.3, 0.4) is 0 Å². The van der Waals surface area contributed by atoms with Gasteiger partial charge in [0.1, 0.15) is 6.54 Å². The zero-order valence-electron chi connectivity index (χ0n) is 12.0. The van der Waals surface area contributed by atoms with Crippen LogP contribution in [0, 0.1) is 0 Å². The first-order valence-electron chi connectivity index (χ1n) is 7.13. The Hall–Kier alpha value is -2.61. The van der Waals surface area contributed by atoms with Crippen LogP contribution in [0.1, 0.15) is 0 Å². The third-order valence-electron chi connectivity index (χ3n) is 4.12. The Morgan fingerprint density at radius 3 is 2.61 bits per heavy atom. The van der Waals surface area contributed by atoms with Crippen LogP contribution in [0.4, 0.5) is 10.5 Å². The van der Waals surface area contributed by atoms with Gasteiger partial charge < -0.3 is 5.32 Å². The number of rotatable bonds is 2. The van der Waals surface area contributed by atoms with Crippen molar-refractivity contribution in [2.75, 3.05) is 23.9 Å². The molecule has 2 heterocycles. The number of benzene rings is 2. The molecule has 2 aromatic carbocycles. The van der Waals surface area contributed by atoms with Gasteiger partial charge in [-0.25, -0.2) is 13.2 Å². The minimum Gasteiger partial charge on any atom is -0.336 e. The summed E-state index contributed by atoms with van der Waals surface area (Å²) in [6, 6.07) is 9.82. The fraction of sp³-hybridized carbons (Fsp3) is 0.200. The SMILES string of the molecule is O=C(CN1c2cccc3cccc(c23)S1(=O)=O)N1CCNC1=O. The first-order chi connectivity index (χ1) is 11.0. The van der Waals surface area contributed by atoms with Gasteiger partial charge in [-0.3, -0.25) is 14.0 Å². The summed E-state index contributed by atoms with van der Waals surface area (Å²) in [7, 11) is -3.79. The highest BCUT2D eigenvalue weighted by Gasteiger charge is 2.38. The highest BCUT2D eigenvalue weighted by Crippen LogP contribution is 2.41. The highest BCUT2D eigenvalue weighted by atomic mass is 32.2. The lowest BCUT2D eigenvalue weighted by atomic mass is 10.1. The van der Waals surface area contributed by atoms with Crippen LogP contribution < -0.4 is 9.62 Å². The molecule has 2 aromatic rings. The normalized spacial score (nSPS) is 18.5. The van der Waals surface area contributed by atoms with Crippen molar-refractivity contribution in [3.8, 4) is 0 Å². The Morgan fingerprint density at radius 1 is 1.17 bits per heavy atom. The number of hydrogen-bond acceptors (Lipinski definition) is 4. The van der Waals surface area contributed by atoms with Crippen LogP contribution >= 0.6 is 0 Å². The monoisotopic (exact) mass is 331 g/mol. The average Bonchev–Trinajstić information content (AvgIpc) is 3.04. The number of nitrogens with one attached hydrogen (secondary N) is 1. The molecule has 1 N–H and O–H groups in total. The molecule has 0 aliphatic carbocycles. The molecular weight excluding hydrogens is 318 g/mol. The summed E-state index contributed by atoms with van der Waals surface area (Å²) in [5.74, 6) is -0.534. The fourth-order valence-electron chi connectivity index (χ4n) is 3.05. The molecule has 7 nitrogen and oxygen atoms in total. The van der Waals surface area contributed by atoms with Gasteiger partial charge >= 0.3 is 6.03 Å². The van der Waals surface area contributed by atoms with E-state index in [4.69, 9.17) is 0 Å². The first kappa shape index (κ1) is 14.0. The summed E-state index contributed by atoms with van der Waals surface area (Å²) in [4.78, 5) is 25.2. The van der Waals surface area contributed by atoms with Crippen molar-refractivity contribution in [2.24, 2.45) is 0 Å². The van der Waals surface area contributed by atoms with Gasteiger partial charge in [-0.05, 0) is 17.5 Å². The Morgan fingerprint density at radius 2 is 1.91 bits per heavy atom. The Balaban J connectivity index is 1.77. The molecule has 0 bridgehead atoms. The molecule has 0 spiro atoms. The Kier molecular flexibility index (Phi) is 2.86. The van der Waals surface area contributed by atoms with Crippen molar-refractivity contribution in [3.63, 3.8) is 0 Å². The molecular formula is C15H13N3O4S. The zero-order chi connectivity index (χ0) is 16.2. The summed E-state index contributed by atoms with van der Waals surface area (Å²) in [5.41, 5.74) is 0.478. The van der Waals surface area contributed by atoms with Crippen LogP contribution in [-0.4, -0.2) is 44.9 Å². The number of amides is 3. The van der Waals surface area contributed by atoms with Crippen LogP contribution in [0.2, 0.25) is 0 Å². The van der Waals surface area contributed by atoms with E-state index in [-0.39, 0.29) is 18.0 Å². The van der Waals surface area contributed by atoms with E-state index in [2.05, 4.69) is 5.32 Å². The van der Waals surface area contributed by atoms with Gasteiger partial charge in [0.25, 0.3) is 15.9 Å². The molecule has 3 amide bonds. The molecule has 2 aliphatic heterocycles. The van der Waals surface area contributed by atoms with E-state index in [9.17, 15) is 18.0 Å². The van der Waals surface area contributed by atoms with E-state index in [0.717, 1.165) is 14.6 Å². The summed E-state index contributed by atoms with van der Waals surface area (Å²) in [6.07, 6.45) is 0. The molecule has 0 atom stereocenters.